The molecule has 1 aromatic rings. The molecule has 0 unspecified atom stereocenters. The number of hydrogen-bond donors (Lipinski definition) is 2. The molecule has 0 aliphatic heterocycles. The Balaban J connectivity index is 2.86. The maximum atomic E-state index is 10.4. The highest BCUT2D eigenvalue weighted by atomic mass is 79.9. The number of primary amides is 1. The summed E-state index contributed by atoms with van der Waals surface area (Å²) in [5.41, 5.74) is 5.52. The standard InChI is InChI=1S/C6H6BrN3O/c7-4-3-9-2-1-5(4)10-6(8)11/h1-3H,(H3,8,9,10,11). The minimum absolute atomic E-state index is 0.586. The molecule has 2 amide bonds. The maximum Gasteiger partial charge on any atom is 0.316 e. The summed E-state index contributed by atoms with van der Waals surface area (Å²) in [5.74, 6) is 0. The van der Waals surface area contributed by atoms with Crippen LogP contribution in [-0.4, -0.2) is 11.0 Å². The number of pyridine rings is 1. The van der Waals surface area contributed by atoms with E-state index in [-0.39, 0.29) is 0 Å². The molecule has 0 aromatic carbocycles. The Bertz CT molecular complexity index is 276. The van der Waals surface area contributed by atoms with E-state index >= 15 is 0 Å². The molecule has 0 bridgehead atoms. The quantitative estimate of drug-likeness (QED) is 0.743. The third-order valence-corrected chi connectivity index (χ3v) is 1.66. The van der Waals surface area contributed by atoms with Crippen LogP contribution in [0.1, 0.15) is 0 Å². The number of nitrogens with zero attached hydrogens (tertiary/aromatic N) is 1. The van der Waals surface area contributed by atoms with Crippen molar-refractivity contribution in [2.24, 2.45) is 5.73 Å². The Kier molecular flexibility index (Phi) is 2.43. The van der Waals surface area contributed by atoms with Crippen molar-refractivity contribution >= 4 is 27.6 Å². The fraction of sp³-hybridized carbons (Fsp3) is 0. The van der Waals surface area contributed by atoms with Crippen molar-refractivity contribution in [2.45, 2.75) is 0 Å². The molecule has 0 aliphatic rings. The molecule has 1 rings (SSSR count). The van der Waals surface area contributed by atoms with E-state index in [1.54, 1.807) is 18.5 Å². The second-order valence-corrected chi connectivity index (χ2v) is 2.70. The van der Waals surface area contributed by atoms with E-state index in [9.17, 15) is 4.79 Å². The smallest absolute Gasteiger partial charge is 0.316 e. The molecule has 4 nitrogen and oxygen atoms in total. The summed E-state index contributed by atoms with van der Waals surface area (Å²) >= 11 is 3.19. The van der Waals surface area contributed by atoms with Gasteiger partial charge in [-0.25, -0.2) is 4.79 Å². The zero-order chi connectivity index (χ0) is 8.27. The van der Waals surface area contributed by atoms with Crippen molar-refractivity contribution in [3.05, 3.63) is 22.9 Å². The van der Waals surface area contributed by atoms with Crippen LogP contribution in [0.3, 0.4) is 0 Å². The third kappa shape index (κ3) is 2.19. The lowest BCUT2D eigenvalue weighted by Crippen LogP contribution is -2.19. The lowest BCUT2D eigenvalue weighted by Gasteiger charge is -2.01. The molecular weight excluding hydrogens is 210 g/mol. The topological polar surface area (TPSA) is 68.0 Å². The van der Waals surface area contributed by atoms with Gasteiger partial charge in [0, 0.05) is 12.4 Å². The van der Waals surface area contributed by atoms with E-state index in [4.69, 9.17) is 5.73 Å². The number of halogens is 1. The van der Waals surface area contributed by atoms with Gasteiger partial charge in [0.25, 0.3) is 0 Å². The van der Waals surface area contributed by atoms with Gasteiger partial charge >= 0.3 is 6.03 Å². The van der Waals surface area contributed by atoms with Gasteiger partial charge in [-0.1, -0.05) is 0 Å². The molecule has 58 valence electrons. The molecule has 0 saturated heterocycles. The van der Waals surface area contributed by atoms with E-state index in [1.165, 1.54) is 0 Å². The molecule has 1 aromatic heterocycles. The van der Waals surface area contributed by atoms with Crippen LogP contribution in [0.5, 0.6) is 0 Å². The fourth-order valence-electron chi connectivity index (χ4n) is 0.609. The Labute approximate surface area is 71.9 Å². The van der Waals surface area contributed by atoms with Gasteiger partial charge in [0.05, 0.1) is 10.2 Å². The number of rotatable bonds is 1. The largest absolute Gasteiger partial charge is 0.351 e. The molecule has 0 spiro atoms. The van der Waals surface area contributed by atoms with Crippen LogP contribution in [0.15, 0.2) is 22.9 Å². The Morgan fingerprint density at radius 3 is 3.00 bits per heavy atom. The van der Waals surface area contributed by atoms with E-state index < -0.39 is 6.03 Å². The van der Waals surface area contributed by atoms with Crippen molar-refractivity contribution in [3.8, 4) is 0 Å². The molecule has 0 saturated carbocycles. The van der Waals surface area contributed by atoms with Crippen molar-refractivity contribution in [1.82, 2.24) is 4.98 Å². The average Bonchev–Trinajstić information content (AvgIpc) is 1.93. The summed E-state index contributed by atoms with van der Waals surface area (Å²) in [6, 6.07) is 1.06. The number of carbonyl (C=O) groups is 1. The van der Waals surface area contributed by atoms with Crippen LogP contribution >= 0.6 is 15.9 Å². The number of nitrogens with two attached hydrogens (primary N) is 1. The van der Waals surface area contributed by atoms with Crippen LogP contribution in [0, 0.1) is 0 Å². The fourth-order valence-corrected chi connectivity index (χ4v) is 0.959. The molecule has 0 atom stereocenters. The number of anilines is 1. The van der Waals surface area contributed by atoms with Crippen LogP contribution in [-0.2, 0) is 0 Å². The summed E-state index contributed by atoms with van der Waals surface area (Å²) in [6.45, 7) is 0. The van der Waals surface area contributed by atoms with Crippen molar-refractivity contribution < 1.29 is 4.79 Å². The van der Waals surface area contributed by atoms with Crippen LogP contribution < -0.4 is 11.1 Å². The van der Waals surface area contributed by atoms with Crippen LogP contribution in [0.25, 0.3) is 0 Å². The maximum absolute atomic E-state index is 10.4. The average molecular weight is 216 g/mol. The van der Waals surface area contributed by atoms with Gasteiger partial charge < -0.3 is 11.1 Å². The number of nitrogens with one attached hydrogen (secondary N) is 1. The van der Waals surface area contributed by atoms with Gasteiger partial charge in [0.15, 0.2) is 0 Å². The van der Waals surface area contributed by atoms with E-state index in [0.29, 0.717) is 10.2 Å². The van der Waals surface area contributed by atoms with E-state index in [0.717, 1.165) is 0 Å². The number of hydrogen-bond acceptors (Lipinski definition) is 2. The van der Waals surface area contributed by atoms with Crippen LogP contribution in [0.2, 0.25) is 0 Å². The summed E-state index contributed by atoms with van der Waals surface area (Å²) in [5, 5.41) is 2.43. The zero-order valence-electron chi connectivity index (χ0n) is 5.54. The number of aromatic nitrogens is 1. The summed E-state index contributed by atoms with van der Waals surface area (Å²) in [7, 11) is 0. The van der Waals surface area contributed by atoms with Gasteiger partial charge in [0.1, 0.15) is 0 Å². The van der Waals surface area contributed by atoms with Gasteiger partial charge in [0.2, 0.25) is 0 Å². The van der Waals surface area contributed by atoms with Crippen LogP contribution in [0.4, 0.5) is 10.5 Å². The predicted octanol–water partition coefficient (Wildman–Crippen LogP) is 1.33. The Morgan fingerprint density at radius 2 is 2.45 bits per heavy atom. The lowest BCUT2D eigenvalue weighted by atomic mass is 10.4. The molecule has 5 heteroatoms. The van der Waals surface area contributed by atoms with E-state index in [2.05, 4.69) is 26.2 Å². The molecule has 0 radical (unpaired) electrons. The monoisotopic (exact) mass is 215 g/mol. The molecule has 3 N–H and O–H groups in total. The van der Waals surface area contributed by atoms with Crippen molar-refractivity contribution in [3.63, 3.8) is 0 Å². The highest BCUT2D eigenvalue weighted by molar-refractivity contribution is 9.10. The predicted molar refractivity (Wildman–Crippen MR) is 45.1 cm³/mol. The minimum atomic E-state index is -0.586. The third-order valence-electron chi connectivity index (χ3n) is 1.03. The SMILES string of the molecule is NC(=O)Nc1ccncc1Br. The number of urea groups is 1. The first kappa shape index (κ1) is 8.00. The molecule has 1 heterocycles. The highest BCUT2D eigenvalue weighted by Gasteiger charge is 1.99. The highest BCUT2D eigenvalue weighted by Crippen LogP contribution is 2.19. The minimum Gasteiger partial charge on any atom is -0.351 e. The lowest BCUT2D eigenvalue weighted by molar-refractivity contribution is 0.259. The molecule has 0 fully saturated rings. The molecule has 11 heavy (non-hydrogen) atoms. The van der Waals surface area contributed by atoms with Crippen molar-refractivity contribution in [2.75, 3.05) is 5.32 Å². The summed E-state index contributed by atoms with van der Waals surface area (Å²) < 4.78 is 0.707. The first-order valence-corrected chi connectivity index (χ1v) is 3.65. The second kappa shape index (κ2) is 3.34. The normalized spacial score (nSPS) is 9.18. The summed E-state index contributed by atoms with van der Waals surface area (Å²) in [6.07, 6.45) is 3.14. The molecule has 0 aliphatic carbocycles. The van der Waals surface area contributed by atoms with Gasteiger partial charge in [-0.3, -0.25) is 4.98 Å². The molecular formula is C6H6BrN3O. The number of carbonyl (C=O) groups excluding carboxylic acids is 1. The Morgan fingerprint density at radius 1 is 1.73 bits per heavy atom. The first-order valence-electron chi connectivity index (χ1n) is 2.86. The number of amides is 2. The van der Waals surface area contributed by atoms with Gasteiger partial charge in [-0.2, -0.15) is 0 Å². The second-order valence-electron chi connectivity index (χ2n) is 1.84. The zero-order valence-corrected chi connectivity index (χ0v) is 7.13. The summed E-state index contributed by atoms with van der Waals surface area (Å²) in [4.78, 5) is 14.2. The van der Waals surface area contributed by atoms with E-state index in [1.807, 2.05) is 0 Å². The van der Waals surface area contributed by atoms with Gasteiger partial charge in [-0.05, 0) is 22.0 Å². The van der Waals surface area contributed by atoms with Gasteiger partial charge in [-0.15, -0.1) is 0 Å². The van der Waals surface area contributed by atoms with Crippen molar-refractivity contribution in [1.29, 1.82) is 0 Å². The Hall–Kier alpha value is -1.10. The first-order chi connectivity index (χ1) is 5.20.